The molecule has 0 spiro atoms. The average molecular weight is 454 g/mol. The minimum Gasteiger partial charge on any atom is -0.351 e. The van der Waals surface area contributed by atoms with E-state index in [0.29, 0.717) is 22.2 Å². The summed E-state index contributed by atoms with van der Waals surface area (Å²) < 4.78 is 0. The van der Waals surface area contributed by atoms with Gasteiger partial charge in [0.2, 0.25) is 0 Å². The molecule has 1 aliphatic heterocycles. The molecule has 0 atom stereocenters. The number of rotatable bonds is 6. The third kappa shape index (κ3) is 4.87. The summed E-state index contributed by atoms with van der Waals surface area (Å²) >= 11 is 12.6. The first-order chi connectivity index (χ1) is 14.9. The molecule has 31 heavy (non-hydrogen) atoms. The number of nitrogens with zero attached hydrogens (tertiary/aromatic N) is 2. The van der Waals surface area contributed by atoms with Crippen LogP contribution in [0, 0.1) is 0 Å². The van der Waals surface area contributed by atoms with Gasteiger partial charge in [0, 0.05) is 35.9 Å². The van der Waals surface area contributed by atoms with Crippen molar-refractivity contribution in [1.82, 2.24) is 10.2 Å². The van der Waals surface area contributed by atoms with Gasteiger partial charge in [-0.3, -0.25) is 4.79 Å². The fraction of sp³-hybridized carbons (Fsp3) is 0.240. The Hall–Kier alpha value is -2.53. The Balaban J connectivity index is 1.60. The molecular weight excluding hydrogens is 429 g/mol. The number of likely N-dealkylation sites (N-methyl/N-ethyl adjacent to an activating group) is 1. The van der Waals surface area contributed by atoms with Gasteiger partial charge in [-0.2, -0.15) is 0 Å². The molecule has 0 bridgehead atoms. The first-order valence-electron chi connectivity index (χ1n) is 10.3. The van der Waals surface area contributed by atoms with Crippen LogP contribution >= 0.6 is 23.2 Å². The molecule has 1 aliphatic rings. The molecule has 1 heterocycles. The highest BCUT2D eigenvalue weighted by Crippen LogP contribution is 2.41. The van der Waals surface area contributed by atoms with Crippen LogP contribution in [0.5, 0.6) is 0 Å². The average Bonchev–Trinajstić information content (AvgIpc) is 3.16. The predicted molar refractivity (Wildman–Crippen MR) is 130 cm³/mol. The Morgan fingerprint density at radius 2 is 1.81 bits per heavy atom. The molecule has 0 fully saturated rings. The number of nitrogens with one attached hydrogen (secondary N) is 1. The van der Waals surface area contributed by atoms with Gasteiger partial charge in [-0.15, -0.1) is 0 Å². The van der Waals surface area contributed by atoms with Gasteiger partial charge in [-0.05, 0) is 73.6 Å². The Labute approximate surface area is 193 Å². The molecule has 3 aromatic carbocycles. The zero-order valence-corrected chi connectivity index (χ0v) is 19.2. The number of amides is 1. The van der Waals surface area contributed by atoms with Crippen molar-refractivity contribution in [2.45, 2.75) is 6.42 Å². The Morgan fingerprint density at radius 1 is 1.00 bits per heavy atom. The molecule has 160 valence electrons. The molecule has 4 rings (SSSR count). The van der Waals surface area contributed by atoms with Gasteiger partial charge >= 0.3 is 0 Å². The SMILES string of the molecule is CN(C)CCNC(=O)c1cccc(-c2ccc3c(c2)N(c2ccc(Cl)cc2Cl)CC3)c1. The fourth-order valence-corrected chi connectivity index (χ4v) is 4.35. The van der Waals surface area contributed by atoms with Crippen molar-refractivity contribution < 1.29 is 4.79 Å². The number of carbonyl (C=O) groups excluding carboxylic acids is 1. The molecule has 6 heteroatoms. The van der Waals surface area contributed by atoms with Gasteiger partial charge in [0.15, 0.2) is 0 Å². The van der Waals surface area contributed by atoms with Gasteiger partial charge in [-0.1, -0.05) is 47.5 Å². The van der Waals surface area contributed by atoms with E-state index in [0.717, 1.165) is 42.0 Å². The van der Waals surface area contributed by atoms with Gasteiger partial charge < -0.3 is 15.1 Å². The van der Waals surface area contributed by atoms with Crippen molar-refractivity contribution in [2.75, 3.05) is 38.6 Å². The number of hydrogen-bond donors (Lipinski definition) is 1. The summed E-state index contributed by atoms with van der Waals surface area (Å²) in [6, 6.07) is 19.8. The van der Waals surface area contributed by atoms with E-state index in [2.05, 4.69) is 28.4 Å². The topological polar surface area (TPSA) is 35.6 Å². The van der Waals surface area contributed by atoms with Gasteiger partial charge in [0.1, 0.15) is 0 Å². The first kappa shape index (κ1) is 21.7. The second-order valence-corrected chi connectivity index (χ2v) is 8.82. The summed E-state index contributed by atoms with van der Waals surface area (Å²) in [5.41, 5.74) is 6.12. The van der Waals surface area contributed by atoms with Crippen molar-refractivity contribution in [1.29, 1.82) is 0 Å². The Morgan fingerprint density at radius 3 is 2.58 bits per heavy atom. The van der Waals surface area contributed by atoms with Crippen LogP contribution in [-0.4, -0.2) is 44.5 Å². The smallest absolute Gasteiger partial charge is 0.251 e. The minimum atomic E-state index is -0.0561. The number of benzene rings is 3. The number of halogens is 2. The third-order valence-electron chi connectivity index (χ3n) is 5.48. The molecule has 0 unspecified atom stereocenters. The van der Waals surface area contributed by atoms with Gasteiger partial charge in [0.25, 0.3) is 5.91 Å². The summed E-state index contributed by atoms with van der Waals surface area (Å²) in [6.07, 6.45) is 0.961. The summed E-state index contributed by atoms with van der Waals surface area (Å²) in [5.74, 6) is -0.0561. The molecule has 0 aliphatic carbocycles. The van der Waals surface area contributed by atoms with E-state index in [1.165, 1.54) is 5.56 Å². The maximum atomic E-state index is 12.5. The molecule has 1 N–H and O–H groups in total. The first-order valence-corrected chi connectivity index (χ1v) is 11.1. The van der Waals surface area contributed by atoms with Crippen LogP contribution in [0.4, 0.5) is 11.4 Å². The van der Waals surface area contributed by atoms with E-state index in [1.54, 1.807) is 6.07 Å². The van der Waals surface area contributed by atoms with Crippen molar-refractivity contribution in [3.8, 4) is 11.1 Å². The van der Waals surface area contributed by atoms with Crippen LogP contribution in [0.25, 0.3) is 11.1 Å². The molecule has 4 nitrogen and oxygen atoms in total. The van der Waals surface area contributed by atoms with Crippen LogP contribution in [-0.2, 0) is 6.42 Å². The van der Waals surface area contributed by atoms with Crippen LogP contribution in [0.1, 0.15) is 15.9 Å². The lowest BCUT2D eigenvalue weighted by Gasteiger charge is -2.21. The maximum absolute atomic E-state index is 12.5. The highest BCUT2D eigenvalue weighted by atomic mass is 35.5. The van der Waals surface area contributed by atoms with Crippen molar-refractivity contribution in [3.63, 3.8) is 0 Å². The van der Waals surface area contributed by atoms with Gasteiger partial charge in [0.05, 0.1) is 10.7 Å². The molecule has 3 aromatic rings. The normalized spacial score (nSPS) is 12.9. The van der Waals surface area contributed by atoms with Crippen LogP contribution in [0.3, 0.4) is 0 Å². The lowest BCUT2D eigenvalue weighted by atomic mass is 10.00. The largest absolute Gasteiger partial charge is 0.351 e. The second-order valence-electron chi connectivity index (χ2n) is 7.98. The summed E-state index contributed by atoms with van der Waals surface area (Å²) in [7, 11) is 3.97. The summed E-state index contributed by atoms with van der Waals surface area (Å²) in [5, 5.41) is 4.24. The van der Waals surface area contributed by atoms with E-state index in [9.17, 15) is 4.79 Å². The fourth-order valence-electron chi connectivity index (χ4n) is 3.84. The standard InChI is InChI=1S/C25H25Cl2N3O/c1-29(2)13-11-28-25(31)20-5-3-4-18(14-20)19-7-6-17-10-12-30(24(17)15-19)23-9-8-21(26)16-22(23)27/h3-9,14-16H,10-13H2,1-2H3,(H,28,31). The third-order valence-corrected chi connectivity index (χ3v) is 6.02. The quantitative estimate of drug-likeness (QED) is 0.523. The van der Waals surface area contributed by atoms with E-state index in [1.807, 2.05) is 55.4 Å². The van der Waals surface area contributed by atoms with E-state index >= 15 is 0 Å². The molecule has 0 aromatic heterocycles. The Bertz CT molecular complexity index is 1110. The molecule has 0 saturated carbocycles. The lowest BCUT2D eigenvalue weighted by molar-refractivity contribution is 0.0951. The minimum absolute atomic E-state index is 0.0561. The van der Waals surface area contributed by atoms with E-state index in [4.69, 9.17) is 23.2 Å². The van der Waals surface area contributed by atoms with Crippen LogP contribution < -0.4 is 10.2 Å². The van der Waals surface area contributed by atoms with E-state index < -0.39 is 0 Å². The predicted octanol–water partition coefficient (Wildman–Crippen LogP) is 5.65. The zero-order chi connectivity index (χ0) is 22.0. The van der Waals surface area contributed by atoms with Crippen LogP contribution in [0.2, 0.25) is 10.0 Å². The zero-order valence-electron chi connectivity index (χ0n) is 17.7. The van der Waals surface area contributed by atoms with Gasteiger partial charge in [-0.25, -0.2) is 0 Å². The molecule has 0 radical (unpaired) electrons. The number of hydrogen-bond acceptors (Lipinski definition) is 3. The number of fused-ring (bicyclic) bond motifs is 1. The van der Waals surface area contributed by atoms with Crippen molar-refractivity contribution >= 4 is 40.5 Å². The maximum Gasteiger partial charge on any atom is 0.251 e. The lowest BCUT2D eigenvalue weighted by Crippen LogP contribution is -2.31. The van der Waals surface area contributed by atoms with Crippen LogP contribution in [0.15, 0.2) is 60.7 Å². The Kier molecular flexibility index (Phi) is 6.51. The highest BCUT2D eigenvalue weighted by molar-refractivity contribution is 6.36. The van der Waals surface area contributed by atoms with E-state index in [-0.39, 0.29) is 5.91 Å². The molecular formula is C25H25Cl2N3O. The molecule has 0 saturated heterocycles. The van der Waals surface area contributed by atoms with Crippen molar-refractivity contribution in [2.24, 2.45) is 0 Å². The molecule has 1 amide bonds. The summed E-state index contributed by atoms with van der Waals surface area (Å²) in [6.45, 7) is 2.29. The number of carbonyl (C=O) groups is 1. The monoisotopic (exact) mass is 453 g/mol. The highest BCUT2D eigenvalue weighted by Gasteiger charge is 2.23. The second kappa shape index (κ2) is 9.31. The van der Waals surface area contributed by atoms with Crippen molar-refractivity contribution in [3.05, 3.63) is 81.8 Å². The summed E-state index contributed by atoms with van der Waals surface area (Å²) in [4.78, 5) is 16.8. The number of anilines is 2.